The molecule has 0 saturated carbocycles. The fraction of sp³-hybridized carbons (Fsp3) is 0.174. The largest absolute Gasteiger partial charge is 0.309 e. The van der Waals surface area contributed by atoms with Crippen molar-refractivity contribution in [2.24, 2.45) is 5.41 Å². The molecule has 1 aliphatic rings. The number of allylic oxidation sites excluding steroid dienone is 1. The van der Waals surface area contributed by atoms with E-state index in [0.717, 1.165) is 12.1 Å². The number of hydrogen-bond donors (Lipinski definition) is 0. The van der Waals surface area contributed by atoms with E-state index in [0.29, 0.717) is 0 Å². The second-order valence-corrected chi connectivity index (χ2v) is 7.59. The van der Waals surface area contributed by atoms with E-state index in [-0.39, 0.29) is 5.41 Å². The van der Waals surface area contributed by atoms with Gasteiger partial charge in [-0.05, 0) is 47.2 Å². The van der Waals surface area contributed by atoms with E-state index in [9.17, 15) is 0 Å². The molecular formula is C23H20N2. The van der Waals surface area contributed by atoms with Gasteiger partial charge in [-0.2, -0.15) is 0 Å². The van der Waals surface area contributed by atoms with Crippen molar-refractivity contribution in [2.45, 2.75) is 20.3 Å². The lowest BCUT2D eigenvalue weighted by atomic mass is 9.78. The number of fused-ring (bicyclic) bond motifs is 5. The summed E-state index contributed by atoms with van der Waals surface area (Å²) >= 11 is 0. The van der Waals surface area contributed by atoms with Gasteiger partial charge in [-0.1, -0.05) is 50.3 Å². The molecule has 1 aliphatic carbocycles. The van der Waals surface area contributed by atoms with E-state index in [1.54, 1.807) is 0 Å². The van der Waals surface area contributed by atoms with Crippen molar-refractivity contribution in [1.82, 2.24) is 9.55 Å². The van der Waals surface area contributed by atoms with Gasteiger partial charge in [-0.25, -0.2) is 0 Å². The molecule has 0 bridgehead atoms. The maximum Gasteiger partial charge on any atom is 0.0547 e. The number of hydrogen-bond acceptors (Lipinski definition) is 1. The second kappa shape index (κ2) is 5.06. The molecule has 0 saturated heterocycles. The van der Waals surface area contributed by atoms with Gasteiger partial charge in [0, 0.05) is 28.9 Å². The molecule has 2 heteroatoms. The molecule has 0 radical (unpaired) electrons. The van der Waals surface area contributed by atoms with Crippen LogP contribution in [-0.4, -0.2) is 9.55 Å². The van der Waals surface area contributed by atoms with Crippen molar-refractivity contribution in [3.05, 3.63) is 78.1 Å². The first kappa shape index (κ1) is 14.5. The zero-order valence-corrected chi connectivity index (χ0v) is 14.5. The standard InChI is InChI=1S/C23H20N2/c1-23(2)12-9-18-16(15-23)7-8-21-22(18)19-5-3-4-6-20(19)25(21)17-10-13-24-14-11-17/h3-14H,15H2,1-2H3. The van der Waals surface area contributed by atoms with Gasteiger partial charge in [0.15, 0.2) is 0 Å². The average Bonchev–Trinajstić information content (AvgIpc) is 2.96. The molecule has 2 aromatic carbocycles. The predicted molar refractivity (Wildman–Crippen MR) is 105 cm³/mol. The maximum atomic E-state index is 4.18. The van der Waals surface area contributed by atoms with Crippen LogP contribution in [0, 0.1) is 5.41 Å². The minimum absolute atomic E-state index is 0.226. The molecule has 0 aliphatic heterocycles. The summed E-state index contributed by atoms with van der Waals surface area (Å²) in [5.74, 6) is 0. The smallest absolute Gasteiger partial charge is 0.0547 e. The number of para-hydroxylation sites is 1. The minimum Gasteiger partial charge on any atom is -0.309 e. The molecule has 4 aromatic rings. The van der Waals surface area contributed by atoms with Crippen molar-refractivity contribution in [3.63, 3.8) is 0 Å². The highest BCUT2D eigenvalue weighted by Crippen LogP contribution is 2.40. The number of benzene rings is 2. The second-order valence-electron chi connectivity index (χ2n) is 7.59. The molecule has 0 amide bonds. The van der Waals surface area contributed by atoms with Crippen LogP contribution >= 0.6 is 0 Å². The number of pyridine rings is 1. The summed E-state index contributed by atoms with van der Waals surface area (Å²) < 4.78 is 2.35. The lowest BCUT2D eigenvalue weighted by molar-refractivity contribution is 0.475. The van der Waals surface area contributed by atoms with E-state index in [4.69, 9.17) is 0 Å². The normalized spacial score (nSPS) is 15.6. The van der Waals surface area contributed by atoms with Crippen LogP contribution in [0.25, 0.3) is 33.6 Å². The lowest BCUT2D eigenvalue weighted by Gasteiger charge is -2.26. The summed E-state index contributed by atoms with van der Waals surface area (Å²) in [6.45, 7) is 4.60. The van der Waals surface area contributed by atoms with Crippen molar-refractivity contribution in [1.29, 1.82) is 0 Å². The van der Waals surface area contributed by atoms with Gasteiger partial charge in [0.25, 0.3) is 0 Å². The van der Waals surface area contributed by atoms with Crippen LogP contribution in [0.4, 0.5) is 0 Å². The van der Waals surface area contributed by atoms with E-state index >= 15 is 0 Å². The third-order valence-electron chi connectivity index (χ3n) is 5.24. The molecule has 25 heavy (non-hydrogen) atoms. The zero-order valence-electron chi connectivity index (χ0n) is 14.5. The molecule has 0 spiro atoms. The van der Waals surface area contributed by atoms with Gasteiger partial charge in [-0.15, -0.1) is 0 Å². The summed E-state index contributed by atoms with van der Waals surface area (Å²) in [6, 6.07) is 17.4. The Labute approximate surface area is 147 Å². The van der Waals surface area contributed by atoms with Crippen molar-refractivity contribution in [2.75, 3.05) is 0 Å². The Bertz CT molecular complexity index is 1130. The minimum atomic E-state index is 0.226. The van der Waals surface area contributed by atoms with Gasteiger partial charge in [0.2, 0.25) is 0 Å². The molecule has 0 unspecified atom stereocenters. The van der Waals surface area contributed by atoms with Gasteiger partial charge in [0.1, 0.15) is 0 Å². The Morgan fingerprint density at radius 2 is 1.72 bits per heavy atom. The van der Waals surface area contributed by atoms with Crippen LogP contribution in [0.5, 0.6) is 0 Å². The van der Waals surface area contributed by atoms with Crippen LogP contribution in [-0.2, 0) is 6.42 Å². The summed E-state index contributed by atoms with van der Waals surface area (Å²) in [5.41, 5.74) is 6.70. The van der Waals surface area contributed by atoms with Crippen LogP contribution < -0.4 is 0 Å². The Morgan fingerprint density at radius 3 is 2.56 bits per heavy atom. The van der Waals surface area contributed by atoms with Crippen LogP contribution in [0.2, 0.25) is 0 Å². The molecule has 2 nitrogen and oxygen atoms in total. The van der Waals surface area contributed by atoms with Crippen molar-refractivity contribution in [3.8, 4) is 5.69 Å². The van der Waals surface area contributed by atoms with Crippen molar-refractivity contribution < 1.29 is 0 Å². The zero-order chi connectivity index (χ0) is 17.0. The quantitative estimate of drug-likeness (QED) is 0.434. The molecule has 2 heterocycles. The molecule has 0 atom stereocenters. The van der Waals surface area contributed by atoms with E-state index < -0.39 is 0 Å². The van der Waals surface area contributed by atoms with E-state index in [1.165, 1.54) is 32.9 Å². The molecule has 122 valence electrons. The summed E-state index contributed by atoms with van der Waals surface area (Å²) in [4.78, 5) is 4.18. The van der Waals surface area contributed by atoms with Crippen LogP contribution in [0.1, 0.15) is 25.0 Å². The van der Waals surface area contributed by atoms with Gasteiger partial charge >= 0.3 is 0 Å². The Hall–Kier alpha value is -2.87. The lowest BCUT2D eigenvalue weighted by Crippen LogP contribution is -2.15. The number of rotatable bonds is 1. The summed E-state index contributed by atoms with van der Waals surface area (Å²) in [7, 11) is 0. The summed E-state index contributed by atoms with van der Waals surface area (Å²) in [6.07, 6.45) is 9.48. The topological polar surface area (TPSA) is 17.8 Å². The Morgan fingerprint density at radius 1 is 0.920 bits per heavy atom. The van der Waals surface area contributed by atoms with E-state index in [2.05, 4.69) is 84.1 Å². The highest BCUT2D eigenvalue weighted by molar-refractivity contribution is 6.13. The van der Waals surface area contributed by atoms with Gasteiger partial charge in [0.05, 0.1) is 11.0 Å². The van der Waals surface area contributed by atoms with Gasteiger partial charge < -0.3 is 4.57 Å². The van der Waals surface area contributed by atoms with Crippen LogP contribution in [0.15, 0.2) is 67.0 Å². The van der Waals surface area contributed by atoms with E-state index in [1.807, 2.05) is 12.4 Å². The summed E-state index contributed by atoms with van der Waals surface area (Å²) in [5, 5.41) is 2.67. The van der Waals surface area contributed by atoms with Gasteiger partial charge in [-0.3, -0.25) is 4.98 Å². The highest BCUT2D eigenvalue weighted by atomic mass is 15.0. The number of nitrogens with zero attached hydrogens (tertiary/aromatic N) is 2. The molecule has 0 N–H and O–H groups in total. The highest BCUT2D eigenvalue weighted by Gasteiger charge is 2.24. The Balaban J connectivity index is 1.93. The third-order valence-corrected chi connectivity index (χ3v) is 5.24. The SMILES string of the molecule is CC1(C)C=Cc2c(ccc3c2c2ccccc2n3-c2ccncc2)C1. The monoisotopic (exact) mass is 324 g/mol. The van der Waals surface area contributed by atoms with Crippen molar-refractivity contribution >= 4 is 27.9 Å². The molecular weight excluding hydrogens is 304 g/mol. The first-order valence-corrected chi connectivity index (χ1v) is 8.79. The molecule has 2 aromatic heterocycles. The Kier molecular flexibility index (Phi) is 2.93. The number of aromatic nitrogens is 2. The first-order valence-electron chi connectivity index (χ1n) is 8.79. The first-order chi connectivity index (χ1) is 12.1. The third kappa shape index (κ3) is 2.14. The fourth-order valence-corrected chi connectivity index (χ4v) is 4.10. The molecule has 5 rings (SSSR count). The maximum absolute atomic E-state index is 4.18. The van der Waals surface area contributed by atoms with Crippen LogP contribution in [0.3, 0.4) is 0 Å². The predicted octanol–water partition coefficient (Wildman–Crippen LogP) is 5.77. The molecule has 0 fully saturated rings. The fourth-order valence-electron chi connectivity index (χ4n) is 4.10. The average molecular weight is 324 g/mol.